The molecule has 130 valence electrons. The molecule has 7 nitrogen and oxygen atoms in total. The van der Waals surface area contributed by atoms with E-state index in [-0.39, 0.29) is 18.3 Å². The Kier molecular flexibility index (Phi) is 7.77. The van der Waals surface area contributed by atoms with Crippen molar-refractivity contribution in [2.45, 2.75) is 45.9 Å². The lowest BCUT2D eigenvalue weighted by molar-refractivity contribution is -0.137. The van der Waals surface area contributed by atoms with Crippen LogP contribution < -0.4 is 5.43 Å². The van der Waals surface area contributed by atoms with Crippen LogP contribution >= 0.6 is 0 Å². The largest absolute Gasteiger partial charge is 0.503 e. The molecule has 0 aliphatic rings. The highest BCUT2D eigenvalue weighted by Gasteiger charge is 2.10. The third-order valence-electron chi connectivity index (χ3n) is 3.33. The monoisotopic (exact) mass is 326 g/mol. The van der Waals surface area contributed by atoms with Crippen LogP contribution in [0.15, 0.2) is 17.1 Å². The number of carboxylic acid groups (broad SMARTS) is 1. The van der Waals surface area contributed by atoms with Gasteiger partial charge in [0.25, 0.3) is 0 Å². The number of hydrogen-bond donors (Lipinski definition) is 2. The Morgan fingerprint density at radius 1 is 1.43 bits per heavy atom. The van der Waals surface area contributed by atoms with Crippen molar-refractivity contribution < 1.29 is 19.7 Å². The van der Waals surface area contributed by atoms with Crippen molar-refractivity contribution in [3.05, 3.63) is 28.2 Å². The van der Waals surface area contributed by atoms with E-state index in [9.17, 15) is 14.7 Å². The lowest BCUT2D eigenvalue weighted by Crippen LogP contribution is -2.25. The average Bonchev–Trinajstić information content (AvgIpc) is 2.46. The molecular weight excluding hydrogens is 300 g/mol. The fourth-order valence-corrected chi connectivity index (χ4v) is 2.14. The molecule has 0 bridgehead atoms. The number of nitrogens with zero attached hydrogens (tertiary/aromatic N) is 2. The van der Waals surface area contributed by atoms with Crippen molar-refractivity contribution in [3.8, 4) is 5.75 Å². The normalized spacial score (nSPS) is 11.3. The SMILES string of the molecule is CC(C)OCCCn1cc(O)c(=O)cc1CN(C)CCC(=O)O. The van der Waals surface area contributed by atoms with E-state index in [0.29, 0.717) is 26.2 Å². The zero-order valence-corrected chi connectivity index (χ0v) is 14.0. The van der Waals surface area contributed by atoms with E-state index in [2.05, 4.69) is 0 Å². The van der Waals surface area contributed by atoms with Gasteiger partial charge in [0.2, 0.25) is 5.43 Å². The molecule has 23 heavy (non-hydrogen) atoms. The number of rotatable bonds is 10. The van der Waals surface area contributed by atoms with Crippen LogP contribution in [0.25, 0.3) is 0 Å². The van der Waals surface area contributed by atoms with Crippen LogP contribution in [0.4, 0.5) is 0 Å². The number of aromatic nitrogens is 1. The Hall–Kier alpha value is -1.86. The van der Waals surface area contributed by atoms with Crippen LogP contribution in [0, 0.1) is 0 Å². The van der Waals surface area contributed by atoms with Gasteiger partial charge in [-0.25, -0.2) is 0 Å². The van der Waals surface area contributed by atoms with Crippen molar-refractivity contribution in [1.29, 1.82) is 0 Å². The zero-order valence-electron chi connectivity index (χ0n) is 14.0. The van der Waals surface area contributed by atoms with Crippen LogP contribution in [-0.4, -0.2) is 52.0 Å². The second kappa shape index (κ2) is 9.32. The van der Waals surface area contributed by atoms with Crippen LogP contribution in [0.1, 0.15) is 32.4 Å². The van der Waals surface area contributed by atoms with Crippen LogP contribution in [0.5, 0.6) is 5.75 Å². The highest BCUT2D eigenvalue weighted by atomic mass is 16.5. The van der Waals surface area contributed by atoms with E-state index < -0.39 is 11.4 Å². The fourth-order valence-electron chi connectivity index (χ4n) is 2.14. The van der Waals surface area contributed by atoms with Crippen molar-refractivity contribution in [3.63, 3.8) is 0 Å². The maximum absolute atomic E-state index is 11.7. The predicted molar refractivity (Wildman–Crippen MR) is 86.7 cm³/mol. The van der Waals surface area contributed by atoms with Gasteiger partial charge in [0.05, 0.1) is 18.7 Å². The highest BCUT2D eigenvalue weighted by Crippen LogP contribution is 2.09. The van der Waals surface area contributed by atoms with Gasteiger partial charge in [0.1, 0.15) is 0 Å². The summed E-state index contributed by atoms with van der Waals surface area (Å²) in [6.45, 7) is 5.97. The molecule has 1 heterocycles. The Morgan fingerprint density at radius 2 is 2.13 bits per heavy atom. The van der Waals surface area contributed by atoms with E-state index in [1.54, 1.807) is 7.05 Å². The quantitative estimate of drug-likeness (QED) is 0.629. The molecule has 0 aliphatic heterocycles. The second-order valence-electron chi connectivity index (χ2n) is 5.86. The number of pyridine rings is 1. The Morgan fingerprint density at radius 3 is 2.74 bits per heavy atom. The number of hydrogen-bond acceptors (Lipinski definition) is 5. The summed E-state index contributed by atoms with van der Waals surface area (Å²) in [6.07, 6.45) is 2.39. The van der Waals surface area contributed by atoms with E-state index >= 15 is 0 Å². The van der Waals surface area contributed by atoms with Gasteiger partial charge in [0, 0.05) is 38.0 Å². The minimum Gasteiger partial charge on any atom is -0.503 e. The van der Waals surface area contributed by atoms with Gasteiger partial charge in [-0.3, -0.25) is 9.59 Å². The first kappa shape index (κ1) is 19.2. The lowest BCUT2D eigenvalue weighted by Gasteiger charge is -2.20. The molecule has 1 aromatic rings. The predicted octanol–water partition coefficient (Wildman–Crippen LogP) is 1.28. The van der Waals surface area contributed by atoms with Gasteiger partial charge in [-0.2, -0.15) is 0 Å². The summed E-state index contributed by atoms with van der Waals surface area (Å²) >= 11 is 0. The summed E-state index contributed by atoms with van der Waals surface area (Å²) in [5.41, 5.74) is 0.312. The summed E-state index contributed by atoms with van der Waals surface area (Å²) in [4.78, 5) is 24.1. The van der Waals surface area contributed by atoms with Gasteiger partial charge >= 0.3 is 5.97 Å². The zero-order chi connectivity index (χ0) is 17.4. The molecule has 0 radical (unpaired) electrons. The van der Waals surface area contributed by atoms with E-state index in [1.165, 1.54) is 12.3 Å². The first-order valence-corrected chi connectivity index (χ1v) is 7.74. The summed E-state index contributed by atoms with van der Waals surface area (Å²) in [7, 11) is 1.80. The maximum atomic E-state index is 11.7. The van der Waals surface area contributed by atoms with E-state index in [1.807, 2.05) is 23.3 Å². The summed E-state index contributed by atoms with van der Waals surface area (Å²) in [5.74, 6) is -1.14. The van der Waals surface area contributed by atoms with Crippen molar-refractivity contribution in [2.24, 2.45) is 0 Å². The number of ether oxygens (including phenoxy) is 1. The van der Waals surface area contributed by atoms with Crippen LogP contribution in [-0.2, 0) is 22.6 Å². The Labute approximate surface area is 136 Å². The van der Waals surface area contributed by atoms with E-state index in [4.69, 9.17) is 9.84 Å². The number of aromatic hydroxyl groups is 1. The molecule has 0 aliphatic carbocycles. The molecule has 7 heteroatoms. The van der Waals surface area contributed by atoms with Gasteiger partial charge in [0.15, 0.2) is 5.75 Å². The Balaban J connectivity index is 2.73. The molecule has 0 spiro atoms. The molecule has 0 fully saturated rings. The first-order valence-electron chi connectivity index (χ1n) is 7.74. The number of carbonyl (C=O) groups is 1. The molecule has 0 saturated heterocycles. The van der Waals surface area contributed by atoms with Gasteiger partial charge in [-0.05, 0) is 27.3 Å². The second-order valence-corrected chi connectivity index (χ2v) is 5.86. The summed E-state index contributed by atoms with van der Waals surface area (Å²) in [6, 6.07) is 1.40. The molecule has 1 rings (SSSR count). The molecule has 1 aromatic heterocycles. The number of aliphatic carboxylic acids is 1. The van der Waals surface area contributed by atoms with Crippen LogP contribution in [0.3, 0.4) is 0 Å². The molecule has 0 aromatic carbocycles. The van der Waals surface area contributed by atoms with Crippen molar-refractivity contribution >= 4 is 5.97 Å². The molecule has 0 amide bonds. The molecule has 2 N–H and O–H groups in total. The van der Waals surface area contributed by atoms with E-state index in [0.717, 1.165) is 12.1 Å². The number of carboxylic acids is 1. The third kappa shape index (κ3) is 7.30. The highest BCUT2D eigenvalue weighted by molar-refractivity contribution is 5.66. The molecule has 0 unspecified atom stereocenters. The van der Waals surface area contributed by atoms with Gasteiger partial charge < -0.3 is 24.4 Å². The Bertz CT molecular complexity index is 568. The van der Waals surface area contributed by atoms with Crippen molar-refractivity contribution in [1.82, 2.24) is 9.47 Å². The minimum atomic E-state index is -0.856. The summed E-state index contributed by atoms with van der Waals surface area (Å²) in [5, 5.41) is 18.3. The van der Waals surface area contributed by atoms with Crippen molar-refractivity contribution in [2.75, 3.05) is 20.2 Å². The fraction of sp³-hybridized carbons (Fsp3) is 0.625. The summed E-state index contributed by atoms with van der Waals surface area (Å²) < 4.78 is 7.31. The topological polar surface area (TPSA) is 92.0 Å². The molecular formula is C16H26N2O5. The smallest absolute Gasteiger partial charge is 0.304 e. The lowest BCUT2D eigenvalue weighted by atomic mass is 10.2. The standard InChI is InChI=1S/C16H26N2O5/c1-12(2)23-8-4-6-18-11-15(20)14(19)9-13(18)10-17(3)7-5-16(21)22/h9,11-12,20H,4-8,10H2,1-3H3,(H,21,22). The number of aryl methyl sites for hydroxylation is 1. The van der Waals surface area contributed by atoms with Gasteiger partial charge in [-0.1, -0.05) is 0 Å². The average molecular weight is 326 g/mol. The molecule has 0 saturated carbocycles. The van der Waals surface area contributed by atoms with Gasteiger partial charge in [-0.15, -0.1) is 0 Å². The third-order valence-corrected chi connectivity index (χ3v) is 3.33. The minimum absolute atomic E-state index is 0.0427. The molecule has 0 atom stereocenters. The van der Waals surface area contributed by atoms with Crippen LogP contribution in [0.2, 0.25) is 0 Å². The maximum Gasteiger partial charge on any atom is 0.304 e. The first-order chi connectivity index (χ1) is 10.8.